The summed E-state index contributed by atoms with van der Waals surface area (Å²) in [6.07, 6.45) is 3.08. The zero-order valence-corrected chi connectivity index (χ0v) is 31.9. The molecule has 0 radical (unpaired) electrons. The van der Waals surface area contributed by atoms with E-state index in [1.807, 2.05) is 0 Å². The van der Waals surface area contributed by atoms with Crippen LogP contribution < -0.4 is 0 Å². The molecule has 2 saturated carbocycles. The molecule has 276 valence electrons. The highest BCUT2D eigenvalue weighted by molar-refractivity contribution is 6.06. The summed E-state index contributed by atoms with van der Waals surface area (Å²) in [7, 11) is 0. The number of ether oxygens (including phenoxy) is 6. The fraction of sp³-hybridized carbons (Fsp3) is 0.786. The number of hydrogen-bond donors (Lipinski definition) is 2. The lowest BCUT2D eigenvalue weighted by Gasteiger charge is -2.66. The van der Waals surface area contributed by atoms with Crippen molar-refractivity contribution < 1.29 is 38.3 Å². The van der Waals surface area contributed by atoms with E-state index in [4.69, 9.17) is 28.4 Å². The van der Waals surface area contributed by atoms with Crippen LogP contribution in [0, 0.1) is 23.2 Å². The number of hydrogen-bond acceptors (Lipinski definition) is 8. The lowest BCUT2D eigenvalue weighted by molar-refractivity contribution is -0.356. The fourth-order valence-electron chi connectivity index (χ4n) is 14.1. The Bertz CT molecular complexity index is 1940. The van der Waals surface area contributed by atoms with Gasteiger partial charge < -0.3 is 38.5 Å². The third-order valence-corrected chi connectivity index (χ3v) is 16.7. The van der Waals surface area contributed by atoms with Crippen LogP contribution in [0.5, 0.6) is 0 Å². The number of rotatable bonds is 1. The molecule has 7 fully saturated rings. The van der Waals surface area contributed by atoms with Gasteiger partial charge in [0.1, 0.15) is 30.0 Å². The first kappa shape index (κ1) is 32.6. The molecule has 0 amide bonds. The van der Waals surface area contributed by atoms with Crippen LogP contribution in [0.4, 0.5) is 0 Å². The number of H-pyrrole nitrogens is 1. The van der Waals surface area contributed by atoms with Gasteiger partial charge in [-0.2, -0.15) is 0 Å². The molecular weight excluding hydrogens is 646 g/mol. The third kappa shape index (κ3) is 3.50. The van der Waals surface area contributed by atoms with E-state index in [2.05, 4.69) is 86.4 Å². The number of epoxide rings is 2. The molecule has 2 aromatic rings. The first-order valence-electron chi connectivity index (χ1n) is 19.7. The predicted octanol–water partition coefficient (Wildman–Crippen LogP) is 6.08. The number of ketones is 1. The van der Waals surface area contributed by atoms with Crippen molar-refractivity contribution in [3.8, 4) is 0 Å². The van der Waals surface area contributed by atoms with Crippen LogP contribution in [0.15, 0.2) is 12.1 Å². The normalized spacial score (nSPS) is 51.3. The van der Waals surface area contributed by atoms with Gasteiger partial charge in [-0.25, -0.2) is 0 Å². The fourth-order valence-corrected chi connectivity index (χ4v) is 14.1. The summed E-state index contributed by atoms with van der Waals surface area (Å²) in [4.78, 5) is 18.3. The lowest BCUT2D eigenvalue weighted by Crippen LogP contribution is -2.77. The largest absolute Gasteiger partial charge is 0.386 e. The Labute approximate surface area is 300 Å². The third-order valence-electron chi connectivity index (χ3n) is 16.7. The van der Waals surface area contributed by atoms with Crippen molar-refractivity contribution in [2.45, 2.75) is 184 Å². The minimum Gasteiger partial charge on any atom is -0.386 e. The molecule has 6 heterocycles. The van der Waals surface area contributed by atoms with Gasteiger partial charge in [0.25, 0.3) is 0 Å². The van der Waals surface area contributed by atoms with Crippen LogP contribution >= 0.6 is 0 Å². The second-order valence-electron chi connectivity index (χ2n) is 20.5. The number of aliphatic hydroxyl groups is 1. The minimum atomic E-state index is -1.13. The van der Waals surface area contributed by atoms with Crippen molar-refractivity contribution in [3.05, 3.63) is 34.5 Å². The summed E-state index contributed by atoms with van der Waals surface area (Å²) < 4.78 is 39.7. The van der Waals surface area contributed by atoms with Gasteiger partial charge >= 0.3 is 0 Å². The molecule has 9 nitrogen and oxygen atoms in total. The number of fused-ring (bicyclic) bond motifs is 12. The number of benzene rings is 1. The molecule has 5 saturated heterocycles. The average molecular weight is 702 g/mol. The van der Waals surface area contributed by atoms with Crippen molar-refractivity contribution in [2.24, 2.45) is 23.2 Å². The second-order valence-corrected chi connectivity index (χ2v) is 20.5. The van der Waals surface area contributed by atoms with Gasteiger partial charge in [0.2, 0.25) is 0 Å². The Balaban J connectivity index is 0.995. The first-order chi connectivity index (χ1) is 23.7. The van der Waals surface area contributed by atoms with E-state index in [0.29, 0.717) is 12.3 Å². The molecule has 1 aromatic heterocycles. The molecule has 3 unspecified atom stereocenters. The molecule has 51 heavy (non-hydrogen) atoms. The highest BCUT2D eigenvalue weighted by Crippen LogP contribution is 2.75. The standard InChI is InChI=1S/C42H55NO8/c1-35(2)23-18-21-20(28(44)27(23)36(3,4)51-35)11-12-24-26(21)22-17-19-13-16-41(45)39(9,40(19,10)30(22)43-24)15-14-25-42(41)32(49-42)29-31(46-25)37(5,6)50-34(47-29)33-38(7,8)48-33/h11-12,19,23,25,27,29,31-34,43,45H,13-18H2,1-10H3/t19?,23-,25?,27+,29-,31+,32+,33?,34+,39-,40-,41+,42+/m1/s1. The Morgan fingerprint density at radius 3 is 2.22 bits per heavy atom. The molecule has 1 spiro atoms. The van der Waals surface area contributed by atoms with Gasteiger partial charge in [0.15, 0.2) is 17.7 Å². The zero-order valence-electron chi connectivity index (χ0n) is 31.9. The van der Waals surface area contributed by atoms with Gasteiger partial charge in [-0.3, -0.25) is 4.79 Å². The smallest absolute Gasteiger partial charge is 0.187 e. The van der Waals surface area contributed by atoms with Crippen LogP contribution in [0.3, 0.4) is 0 Å². The minimum absolute atomic E-state index is 0.119. The maximum atomic E-state index is 14.3. The number of nitrogens with one attached hydrogen (secondary N) is 1. The summed E-state index contributed by atoms with van der Waals surface area (Å²) in [5.74, 6) is 0.550. The van der Waals surface area contributed by atoms with Crippen molar-refractivity contribution in [1.82, 2.24) is 4.98 Å². The molecule has 2 N–H and O–H groups in total. The van der Waals surface area contributed by atoms with Crippen LogP contribution in [0.25, 0.3) is 10.9 Å². The second kappa shape index (κ2) is 8.98. The van der Waals surface area contributed by atoms with Crippen LogP contribution in [-0.2, 0) is 46.7 Å². The van der Waals surface area contributed by atoms with E-state index in [1.165, 1.54) is 22.2 Å². The zero-order chi connectivity index (χ0) is 35.8. The van der Waals surface area contributed by atoms with Crippen molar-refractivity contribution in [1.29, 1.82) is 0 Å². The maximum absolute atomic E-state index is 14.3. The summed E-state index contributed by atoms with van der Waals surface area (Å²) in [5, 5.41) is 14.7. The number of aromatic amines is 1. The maximum Gasteiger partial charge on any atom is 0.187 e. The van der Waals surface area contributed by atoms with Gasteiger partial charge in [-0.15, -0.1) is 0 Å². The molecule has 4 aliphatic carbocycles. The van der Waals surface area contributed by atoms with E-state index >= 15 is 0 Å². The van der Waals surface area contributed by atoms with Gasteiger partial charge in [-0.05, 0) is 123 Å². The van der Waals surface area contributed by atoms with Crippen LogP contribution in [-0.4, -0.2) is 86.3 Å². The Kier molecular flexibility index (Phi) is 5.74. The molecular formula is C42H55NO8. The van der Waals surface area contributed by atoms with Crippen LogP contribution in [0.2, 0.25) is 0 Å². The molecule has 1 aromatic carbocycles. The molecule has 13 atom stereocenters. The Morgan fingerprint density at radius 2 is 1.49 bits per heavy atom. The van der Waals surface area contributed by atoms with Gasteiger partial charge in [-0.1, -0.05) is 13.8 Å². The van der Waals surface area contributed by atoms with Crippen molar-refractivity contribution in [2.75, 3.05) is 0 Å². The molecule has 11 rings (SSSR count). The topological polar surface area (TPSA) is 115 Å². The van der Waals surface area contributed by atoms with E-state index in [1.54, 1.807) is 0 Å². The summed E-state index contributed by atoms with van der Waals surface area (Å²) in [5.41, 5.74) is 1.15. The Hall–Kier alpha value is -1.85. The SMILES string of the molecule is CC1(C)OC1[C@H]1O[C@@H]2[C@H](OC3CC[C@@]4(C)[C@@](O)(CCC5Cc6c([nH]c7ccc8c(c67)C[C@@H]6[C@@H](C8=O)C(C)(C)OC6(C)C)[C@@]54C)[C@]34O[C@@H]24)C(C)(C)O1. The monoisotopic (exact) mass is 701 g/mol. The van der Waals surface area contributed by atoms with Crippen molar-refractivity contribution in [3.63, 3.8) is 0 Å². The first-order valence-corrected chi connectivity index (χ1v) is 19.7. The average Bonchev–Trinajstić information content (AvgIpc) is 3.83. The quantitative estimate of drug-likeness (QED) is 0.344. The number of Topliss-reactive ketones (excluding diaryl/α,β-unsaturated/α-hetero) is 1. The van der Waals surface area contributed by atoms with E-state index < -0.39 is 39.7 Å². The van der Waals surface area contributed by atoms with E-state index in [0.717, 1.165) is 43.2 Å². The molecule has 9 aliphatic rings. The van der Waals surface area contributed by atoms with Gasteiger partial charge in [0.05, 0.1) is 34.4 Å². The molecule has 5 aliphatic heterocycles. The van der Waals surface area contributed by atoms with Crippen molar-refractivity contribution >= 4 is 16.7 Å². The van der Waals surface area contributed by atoms with Gasteiger partial charge in [0, 0.05) is 38.9 Å². The summed E-state index contributed by atoms with van der Waals surface area (Å²) in [6.45, 7) is 21.5. The highest BCUT2D eigenvalue weighted by Gasteiger charge is 2.87. The predicted molar refractivity (Wildman–Crippen MR) is 188 cm³/mol. The molecule has 9 heteroatoms. The summed E-state index contributed by atoms with van der Waals surface area (Å²) in [6, 6.07) is 4.19. The lowest BCUT2D eigenvalue weighted by atomic mass is 9.40. The summed E-state index contributed by atoms with van der Waals surface area (Å²) >= 11 is 0. The number of carbonyl (C=O) groups is 1. The highest BCUT2D eigenvalue weighted by atomic mass is 16.8. The Morgan fingerprint density at radius 1 is 0.765 bits per heavy atom. The van der Waals surface area contributed by atoms with E-state index in [9.17, 15) is 9.90 Å². The molecule has 0 bridgehead atoms. The number of aromatic nitrogens is 1. The van der Waals surface area contributed by atoms with Crippen LogP contribution in [0.1, 0.15) is 122 Å². The number of carbonyl (C=O) groups excluding carboxylic acids is 1. The van der Waals surface area contributed by atoms with E-state index in [-0.39, 0.29) is 59.2 Å².